The van der Waals surface area contributed by atoms with Crippen molar-refractivity contribution < 1.29 is 14.3 Å². The highest BCUT2D eigenvalue weighted by atomic mass is 127. The Bertz CT molecular complexity index is 377. The SMILES string of the molecule is CCCCOCCCNC(=NC)NCCN1C(=O)CNC1=O.I. The van der Waals surface area contributed by atoms with Gasteiger partial charge in [0.05, 0.1) is 6.54 Å². The van der Waals surface area contributed by atoms with Crippen molar-refractivity contribution in [1.82, 2.24) is 20.9 Å². The summed E-state index contributed by atoms with van der Waals surface area (Å²) in [4.78, 5) is 28.0. The lowest BCUT2D eigenvalue weighted by molar-refractivity contribution is -0.124. The fraction of sp³-hybridized carbons (Fsp3) is 0.786. The molecule has 0 saturated carbocycles. The van der Waals surface area contributed by atoms with E-state index in [9.17, 15) is 9.59 Å². The van der Waals surface area contributed by atoms with E-state index in [2.05, 4.69) is 27.9 Å². The van der Waals surface area contributed by atoms with Crippen LogP contribution < -0.4 is 16.0 Å². The van der Waals surface area contributed by atoms with Crippen molar-refractivity contribution in [2.75, 3.05) is 46.4 Å². The Labute approximate surface area is 154 Å². The number of imide groups is 1. The summed E-state index contributed by atoms with van der Waals surface area (Å²) in [6.45, 7) is 5.32. The highest BCUT2D eigenvalue weighted by molar-refractivity contribution is 14.0. The second-order valence-corrected chi connectivity index (χ2v) is 4.95. The molecule has 0 unspecified atom stereocenters. The number of hydrogen-bond donors (Lipinski definition) is 3. The standard InChI is InChI=1S/C14H27N5O3.HI/c1-3-4-9-22-10-5-6-16-13(15-2)17-7-8-19-12(20)11-18-14(19)21;/h3-11H2,1-2H3,(H,18,21)(H2,15,16,17);1H. The Kier molecular flexibility index (Phi) is 12.7. The summed E-state index contributed by atoms with van der Waals surface area (Å²) in [7, 11) is 1.68. The number of nitrogens with one attached hydrogen (secondary N) is 3. The van der Waals surface area contributed by atoms with Gasteiger partial charge in [-0.15, -0.1) is 24.0 Å². The molecule has 134 valence electrons. The number of nitrogens with zero attached hydrogens (tertiary/aromatic N) is 2. The van der Waals surface area contributed by atoms with E-state index in [-0.39, 0.29) is 42.5 Å². The van der Waals surface area contributed by atoms with Gasteiger partial charge in [0.2, 0.25) is 5.91 Å². The molecule has 1 aliphatic rings. The summed E-state index contributed by atoms with van der Waals surface area (Å²) < 4.78 is 5.47. The molecule has 0 spiro atoms. The number of rotatable bonds is 10. The van der Waals surface area contributed by atoms with Crippen molar-refractivity contribution in [2.45, 2.75) is 26.2 Å². The predicted molar refractivity (Wildman–Crippen MR) is 100 cm³/mol. The summed E-state index contributed by atoms with van der Waals surface area (Å²) in [5.74, 6) is 0.458. The van der Waals surface area contributed by atoms with Gasteiger partial charge in [0, 0.05) is 39.9 Å². The summed E-state index contributed by atoms with van der Waals surface area (Å²) in [6.07, 6.45) is 3.14. The number of halogens is 1. The van der Waals surface area contributed by atoms with E-state index in [1.54, 1.807) is 7.05 Å². The maximum atomic E-state index is 11.4. The largest absolute Gasteiger partial charge is 0.381 e. The molecule has 0 aromatic heterocycles. The lowest BCUT2D eigenvalue weighted by atomic mass is 10.4. The van der Waals surface area contributed by atoms with Gasteiger partial charge in [-0.2, -0.15) is 0 Å². The van der Waals surface area contributed by atoms with Gasteiger partial charge >= 0.3 is 6.03 Å². The molecule has 8 nitrogen and oxygen atoms in total. The second kappa shape index (κ2) is 13.3. The number of guanidine groups is 1. The molecule has 23 heavy (non-hydrogen) atoms. The van der Waals surface area contributed by atoms with Crippen LogP contribution >= 0.6 is 24.0 Å². The summed E-state index contributed by atoms with van der Waals surface area (Å²) >= 11 is 0. The molecule has 1 aliphatic heterocycles. The number of ether oxygens (including phenoxy) is 1. The van der Waals surface area contributed by atoms with E-state index in [4.69, 9.17) is 4.74 Å². The minimum atomic E-state index is -0.334. The average Bonchev–Trinajstić information content (AvgIpc) is 2.84. The minimum absolute atomic E-state index is 0. The molecule has 0 atom stereocenters. The van der Waals surface area contributed by atoms with Crippen LogP contribution in [0.1, 0.15) is 26.2 Å². The van der Waals surface area contributed by atoms with Crippen LogP contribution in [0.5, 0.6) is 0 Å². The molecule has 1 fully saturated rings. The molecule has 3 amide bonds. The maximum absolute atomic E-state index is 11.4. The number of unbranched alkanes of at least 4 members (excludes halogenated alkanes) is 1. The van der Waals surface area contributed by atoms with Crippen LogP contribution in [0.4, 0.5) is 4.79 Å². The van der Waals surface area contributed by atoms with E-state index in [1.165, 1.54) is 4.90 Å². The smallest absolute Gasteiger partial charge is 0.324 e. The molecule has 0 radical (unpaired) electrons. The number of aliphatic imine (C=N–C) groups is 1. The van der Waals surface area contributed by atoms with Crippen molar-refractivity contribution in [1.29, 1.82) is 0 Å². The van der Waals surface area contributed by atoms with Crippen LogP contribution in [0, 0.1) is 0 Å². The molecule has 0 bridgehead atoms. The molecule has 1 heterocycles. The van der Waals surface area contributed by atoms with Crippen LogP contribution in [0.15, 0.2) is 4.99 Å². The summed E-state index contributed by atoms with van der Waals surface area (Å²) in [5.41, 5.74) is 0. The fourth-order valence-electron chi connectivity index (χ4n) is 1.92. The minimum Gasteiger partial charge on any atom is -0.381 e. The van der Waals surface area contributed by atoms with Gasteiger partial charge in [-0.05, 0) is 12.8 Å². The van der Waals surface area contributed by atoms with Gasteiger partial charge in [-0.3, -0.25) is 14.7 Å². The summed E-state index contributed by atoms with van der Waals surface area (Å²) in [5, 5.41) is 8.72. The lowest BCUT2D eigenvalue weighted by Crippen LogP contribution is -2.43. The number of hydrogen-bond acceptors (Lipinski definition) is 4. The van der Waals surface area contributed by atoms with Gasteiger partial charge < -0.3 is 20.7 Å². The Hall–Kier alpha value is -1.10. The first-order valence-electron chi connectivity index (χ1n) is 7.79. The first kappa shape index (κ1) is 21.9. The van der Waals surface area contributed by atoms with Crippen molar-refractivity contribution in [2.24, 2.45) is 4.99 Å². The quantitative estimate of drug-likeness (QED) is 0.151. The Balaban J connectivity index is 0.00000484. The third kappa shape index (κ3) is 8.94. The average molecular weight is 441 g/mol. The van der Waals surface area contributed by atoms with Gasteiger partial charge in [-0.25, -0.2) is 4.79 Å². The molecular formula is C14H28IN5O3. The van der Waals surface area contributed by atoms with Crippen LogP contribution in [-0.4, -0.2) is 69.2 Å². The van der Waals surface area contributed by atoms with Crippen molar-refractivity contribution in [3.05, 3.63) is 0 Å². The van der Waals surface area contributed by atoms with Gasteiger partial charge in [0.25, 0.3) is 0 Å². The number of carbonyl (C=O) groups is 2. The van der Waals surface area contributed by atoms with Crippen molar-refractivity contribution in [3.8, 4) is 0 Å². The van der Waals surface area contributed by atoms with Crippen LogP contribution in [-0.2, 0) is 9.53 Å². The van der Waals surface area contributed by atoms with Crippen LogP contribution in [0.2, 0.25) is 0 Å². The molecule has 1 rings (SSSR count). The molecular weight excluding hydrogens is 413 g/mol. The Morgan fingerprint density at radius 2 is 1.96 bits per heavy atom. The van der Waals surface area contributed by atoms with Gasteiger partial charge in [0.15, 0.2) is 5.96 Å². The number of urea groups is 1. The van der Waals surface area contributed by atoms with Gasteiger partial charge in [-0.1, -0.05) is 13.3 Å². The van der Waals surface area contributed by atoms with E-state index >= 15 is 0 Å². The molecule has 0 aromatic carbocycles. The van der Waals surface area contributed by atoms with E-state index in [1.807, 2.05) is 0 Å². The van der Waals surface area contributed by atoms with E-state index in [0.29, 0.717) is 19.0 Å². The van der Waals surface area contributed by atoms with Crippen molar-refractivity contribution in [3.63, 3.8) is 0 Å². The molecule has 0 aliphatic carbocycles. The first-order valence-corrected chi connectivity index (χ1v) is 7.79. The first-order chi connectivity index (χ1) is 10.7. The Morgan fingerprint density at radius 1 is 1.26 bits per heavy atom. The monoisotopic (exact) mass is 441 g/mol. The third-order valence-electron chi connectivity index (χ3n) is 3.19. The molecule has 0 aromatic rings. The van der Waals surface area contributed by atoms with Crippen molar-refractivity contribution >= 4 is 41.9 Å². The van der Waals surface area contributed by atoms with E-state index < -0.39 is 0 Å². The predicted octanol–water partition coefficient (Wildman–Crippen LogP) is 0.528. The third-order valence-corrected chi connectivity index (χ3v) is 3.19. The normalized spacial score (nSPS) is 14.5. The van der Waals surface area contributed by atoms with Crippen LogP contribution in [0.25, 0.3) is 0 Å². The van der Waals surface area contributed by atoms with E-state index in [0.717, 1.165) is 39.0 Å². The lowest BCUT2D eigenvalue weighted by Gasteiger charge is -2.15. The molecule has 3 N–H and O–H groups in total. The zero-order chi connectivity index (χ0) is 16.2. The highest BCUT2D eigenvalue weighted by Gasteiger charge is 2.27. The zero-order valence-electron chi connectivity index (χ0n) is 13.9. The second-order valence-electron chi connectivity index (χ2n) is 4.95. The molecule has 1 saturated heterocycles. The number of amides is 3. The highest BCUT2D eigenvalue weighted by Crippen LogP contribution is 1.96. The molecule has 9 heteroatoms. The van der Waals surface area contributed by atoms with Gasteiger partial charge in [0.1, 0.15) is 0 Å². The topological polar surface area (TPSA) is 95.1 Å². The maximum Gasteiger partial charge on any atom is 0.324 e. The summed E-state index contributed by atoms with van der Waals surface area (Å²) in [6, 6.07) is -0.334. The Morgan fingerprint density at radius 3 is 2.57 bits per heavy atom. The number of carbonyl (C=O) groups excluding carboxylic acids is 2. The van der Waals surface area contributed by atoms with Crippen LogP contribution in [0.3, 0.4) is 0 Å². The zero-order valence-corrected chi connectivity index (χ0v) is 16.2. The fourth-order valence-corrected chi connectivity index (χ4v) is 1.92.